The molecule has 0 unspecified atom stereocenters. The molecule has 1 N–H and O–H groups in total. The summed E-state index contributed by atoms with van der Waals surface area (Å²) in [4.78, 5) is 21.0. The zero-order valence-electron chi connectivity index (χ0n) is 24.5. The third-order valence-corrected chi connectivity index (χ3v) is 8.70. The third-order valence-electron chi connectivity index (χ3n) is 8.70. The third kappa shape index (κ3) is 6.46. The van der Waals surface area contributed by atoms with Crippen molar-refractivity contribution in [3.05, 3.63) is 81.4 Å². The Morgan fingerprint density at radius 2 is 1.71 bits per heavy atom. The number of piperidine rings is 1. The van der Waals surface area contributed by atoms with Crippen LogP contribution in [0.5, 0.6) is 0 Å². The summed E-state index contributed by atoms with van der Waals surface area (Å²) in [5.74, 6) is -1.78. The van der Waals surface area contributed by atoms with Gasteiger partial charge in [0.15, 0.2) is 0 Å². The Bertz CT molecular complexity index is 1510. The van der Waals surface area contributed by atoms with E-state index in [1.165, 1.54) is 6.07 Å². The van der Waals surface area contributed by atoms with Crippen molar-refractivity contribution in [3.63, 3.8) is 0 Å². The first-order valence-corrected chi connectivity index (χ1v) is 14.4. The fourth-order valence-corrected chi connectivity index (χ4v) is 6.33. The number of aliphatic carboxylic acids is 1. The van der Waals surface area contributed by atoms with Crippen LogP contribution in [0.1, 0.15) is 65.9 Å². The van der Waals surface area contributed by atoms with Crippen LogP contribution in [0.15, 0.2) is 36.4 Å². The summed E-state index contributed by atoms with van der Waals surface area (Å²) in [5, 5.41) is 9.76. The van der Waals surface area contributed by atoms with Crippen molar-refractivity contribution in [1.29, 1.82) is 0 Å². The molecule has 3 aromatic rings. The lowest BCUT2D eigenvalue weighted by Gasteiger charge is -2.40. The molecule has 1 aromatic heterocycles. The highest BCUT2D eigenvalue weighted by Gasteiger charge is 2.32. The summed E-state index contributed by atoms with van der Waals surface area (Å²) in [5.41, 5.74) is 7.01. The minimum atomic E-state index is -4.60. The topological polar surface area (TPSA) is 56.7 Å². The first kappa shape index (κ1) is 30.0. The largest absolute Gasteiger partial charge is 0.481 e. The van der Waals surface area contributed by atoms with Gasteiger partial charge in [0.05, 0.1) is 17.7 Å². The Hall–Kier alpha value is -3.46. The van der Waals surface area contributed by atoms with E-state index in [0.717, 1.165) is 76.9 Å². The number of alkyl halides is 3. The van der Waals surface area contributed by atoms with Crippen molar-refractivity contribution < 1.29 is 27.5 Å². The average Bonchev–Trinajstić information content (AvgIpc) is 2.89. The molecule has 1 fully saturated rings. The molecule has 2 aromatic carbocycles. The molecule has 224 valence electrons. The Labute approximate surface area is 244 Å². The van der Waals surface area contributed by atoms with Gasteiger partial charge in [-0.25, -0.2) is 4.39 Å². The number of carboxylic acid groups (broad SMARTS) is 1. The lowest BCUT2D eigenvalue weighted by Crippen LogP contribution is -2.38. The quantitative estimate of drug-likeness (QED) is 0.308. The molecule has 2 aliphatic heterocycles. The Morgan fingerprint density at radius 3 is 2.38 bits per heavy atom. The molecule has 2 aliphatic rings. The number of halogens is 4. The lowest BCUT2D eigenvalue weighted by molar-refractivity contribution is -0.138. The van der Waals surface area contributed by atoms with Gasteiger partial charge >= 0.3 is 12.1 Å². The molecule has 0 saturated carbocycles. The van der Waals surface area contributed by atoms with Crippen molar-refractivity contribution in [2.75, 3.05) is 24.5 Å². The van der Waals surface area contributed by atoms with Crippen LogP contribution < -0.4 is 4.90 Å². The lowest BCUT2D eigenvalue weighted by atomic mass is 9.82. The van der Waals surface area contributed by atoms with E-state index in [2.05, 4.69) is 24.8 Å². The number of rotatable bonds is 6. The number of pyridine rings is 1. The SMILES string of the molecule is Cc1nc(C)c(-c2ccc3c(c2)CCN(Cc2cc(F)cc(C(F)(F)F)c2)C3)c(N2CCC(C)(C)CC2)c1CC(=O)O. The average molecular weight is 584 g/mol. The molecule has 0 amide bonds. The highest BCUT2D eigenvalue weighted by molar-refractivity contribution is 5.86. The molecule has 0 radical (unpaired) electrons. The summed E-state index contributed by atoms with van der Waals surface area (Å²) in [6.07, 6.45) is -1.99. The predicted octanol–water partition coefficient (Wildman–Crippen LogP) is 7.34. The van der Waals surface area contributed by atoms with Crippen molar-refractivity contribution in [2.24, 2.45) is 5.41 Å². The minimum absolute atomic E-state index is 0.0998. The van der Waals surface area contributed by atoms with E-state index in [-0.39, 0.29) is 18.4 Å². The number of fused-ring (bicyclic) bond motifs is 1. The number of aryl methyl sites for hydroxylation is 2. The van der Waals surface area contributed by atoms with Gasteiger partial charge in [-0.1, -0.05) is 32.0 Å². The molecule has 5 rings (SSSR count). The highest BCUT2D eigenvalue weighted by Crippen LogP contribution is 2.42. The fourth-order valence-electron chi connectivity index (χ4n) is 6.33. The number of aromatic nitrogens is 1. The molecule has 0 atom stereocenters. The first-order valence-electron chi connectivity index (χ1n) is 14.4. The zero-order chi connectivity index (χ0) is 30.4. The van der Waals surface area contributed by atoms with E-state index in [4.69, 9.17) is 4.98 Å². The van der Waals surface area contributed by atoms with Crippen molar-refractivity contribution in [2.45, 2.75) is 72.6 Å². The summed E-state index contributed by atoms with van der Waals surface area (Å²) in [6, 6.07) is 8.94. The number of nitrogens with zero attached hydrogens (tertiary/aromatic N) is 3. The molecule has 0 bridgehead atoms. The van der Waals surface area contributed by atoms with E-state index in [9.17, 15) is 27.5 Å². The summed E-state index contributed by atoms with van der Waals surface area (Å²) < 4.78 is 53.6. The monoisotopic (exact) mass is 583 g/mol. The van der Waals surface area contributed by atoms with Gasteiger partial charge in [-0.3, -0.25) is 14.7 Å². The zero-order valence-corrected chi connectivity index (χ0v) is 24.5. The first-order chi connectivity index (χ1) is 19.7. The highest BCUT2D eigenvalue weighted by atomic mass is 19.4. The van der Waals surface area contributed by atoms with Crippen LogP contribution >= 0.6 is 0 Å². The maximum absolute atomic E-state index is 14.0. The second kappa shape index (κ2) is 11.3. The maximum Gasteiger partial charge on any atom is 0.416 e. The van der Waals surface area contributed by atoms with Gasteiger partial charge in [-0.05, 0) is 79.0 Å². The molecular formula is C33H37F4N3O2. The number of hydrogen-bond acceptors (Lipinski definition) is 4. The van der Waals surface area contributed by atoms with Gasteiger partial charge in [-0.2, -0.15) is 13.2 Å². The number of anilines is 1. The van der Waals surface area contributed by atoms with Gasteiger partial charge in [0.1, 0.15) is 5.82 Å². The molecule has 5 nitrogen and oxygen atoms in total. The number of carboxylic acids is 1. The van der Waals surface area contributed by atoms with Crippen LogP contribution in [0, 0.1) is 25.1 Å². The molecule has 42 heavy (non-hydrogen) atoms. The van der Waals surface area contributed by atoms with E-state index < -0.39 is 23.5 Å². The van der Waals surface area contributed by atoms with Gasteiger partial charge in [0.25, 0.3) is 0 Å². The van der Waals surface area contributed by atoms with Crippen LogP contribution in [-0.2, 0) is 36.9 Å². The minimum Gasteiger partial charge on any atom is -0.481 e. The van der Waals surface area contributed by atoms with Crippen molar-refractivity contribution in [1.82, 2.24) is 9.88 Å². The number of carbonyl (C=O) groups is 1. The fraction of sp³-hybridized carbons (Fsp3) is 0.455. The molecule has 1 saturated heterocycles. The Kier molecular flexibility index (Phi) is 8.09. The van der Waals surface area contributed by atoms with Crippen LogP contribution in [-0.4, -0.2) is 40.6 Å². The normalized spacial score (nSPS) is 17.3. The van der Waals surface area contributed by atoms with E-state index >= 15 is 0 Å². The number of hydrogen-bond donors (Lipinski definition) is 1. The smallest absolute Gasteiger partial charge is 0.416 e. The van der Waals surface area contributed by atoms with Crippen LogP contribution in [0.4, 0.5) is 23.2 Å². The van der Waals surface area contributed by atoms with E-state index in [0.29, 0.717) is 31.1 Å². The summed E-state index contributed by atoms with van der Waals surface area (Å²) in [6.45, 7) is 11.4. The summed E-state index contributed by atoms with van der Waals surface area (Å²) >= 11 is 0. The molecular weight excluding hydrogens is 546 g/mol. The second-order valence-electron chi connectivity index (χ2n) is 12.5. The molecule has 3 heterocycles. The molecule has 0 spiro atoms. The van der Waals surface area contributed by atoms with Crippen LogP contribution in [0.2, 0.25) is 0 Å². The van der Waals surface area contributed by atoms with Gasteiger partial charge in [0, 0.05) is 55.2 Å². The summed E-state index contributed by atoms with van der Waals surface area (Å²) in [7, 11) is 0. The van der Waals surface area contributed by atoms with Gasteiger partial charge in [0.2, 0.25) is 0 Å². The molecule has 0 aliphatic carbocycles. The Morgan fingerprint density at radius 1 is 1.00 bits per heavy atom. The number of benzene rings is 2. The molecule has 9 heteroatoms. The van der Waals surface area contributed by atoms with Crippen LogP contribution in [0.3, 0.4) is 0 Å². The van der Waals surface area contributed by atoms with E-state index in [1.54, 1.807) is 0 Å². The maximum atomic E-state index is 14.0. The van der Waals surface area contributed by atoms with E-state index in [1.807, 2.05) is 30.9 Å². The second-order valence-corrected chi connectivity index (χ2v) is 12.5. The standard InChI is InChI=1S/C33H37F4N3O2/c1-20-28(17-29(41)42)31(40-11-8-32(3,4)9-12-40)30(21(2)38-20)24-5-6-25-19-39(10-7-23(25)15-24)18-22-13-26(33(35,36)37)16-27(34)14-22/h5-6,13-16H,7-12,17-19H2,1-4H3,(H,41,42). The van der Waals surface area contributed by atoms with Crippen molar-refractivity contribution >= 4 is 11.7 Å². The van der Waals surface area contributed by atoms with Crippen molar-refractivity contribution in [3.8, 4) is 11.1 Å². The van der Waals surface area contributed by atoms with Gasteiger partial charge < -0.3 is 10.0 Å². The Balaban J connectivity index is 1.46. The van der Waals surface area contributed by atoms with Gasteiger partial charge in [-0.15, -0.1) is 0 Å². The predicted molar refractivity (Wildman–Crippen MR) is 155 cm³/mol. The van der Waals surface area contributed by atoms with Crippen LogP contribution in [0.25, 0.3) is 11.1 Å².